The SMILES string of the molecule is CC(C)(C)c1ccc(Nc2cc3sc4cc5c(cc4c3cc2-c2ccc3c4cc6c(cc4n4c3c2Bc2cc3c(cc2-4)-c2ccccc2C3(C)C)C(C)(C)c2ccccc2-6)C(C)(C)CCC5(C)C)cc1. The lowest BCUT2D eigenvalue weighted by Gasteiger charge is -2.41. The first-order valence-electron chi connectivity index (χ1n) is 25.7. The third kappa shape index (κ3) is 5.69. The van der Waals surface area contributed by atoms with Gasteiger partial charge in [0.1, 0.15) is 0 Å². The fraction of sp³-hybridized carbons (Fsp3) is 0.273. The maximum Gasteiger partial charge on any atom is 0.198 e. The molecule has 1 N–H and O–H groups in total. The van der Waals surface area contributed by atoms with Gasteiger partial charge < -0.3 is 9.88 Å². The summed E-state index contributed by atoms with van der Waals surface area (Å²) in [5.41, 5.74) is 27.2. The van der Waals surface area contributed by atoms with Crippen molar-refractivity contribution in [3.63, 3.8) is 0 Å². The molecular weight excluding hydrogens is 864 g/mol. The van der Waals surface area contributed by atoms with E-state index >= 15 is 0 Å². The summed E-state index contributed by atoms with van der Waals surface area (Å²) in [6.07, 6.45) is 2.41. The van der Waals surface area contributed by atoms with Gasteiger partial charge in [-0.05, 0) is 156 Å². The first-order chi connectivity index (χ1) is 33.3. The van der Waals surface area contributed by atoms with Crippen molar-refractivity contribution in [2.45, 2.75) is 116 Å². The van der Waals surface area contributed by atoms with Gasteiger partial charge in [-0.1, -0.05) is 160 Å². The lowest BCUT2D eigenvalue weighted by Crippen LogP contribution is -2.38. The number of benzene rings is 8. The van der Waals surface area contributed by atoms with Crippen LogP contribution in [0.4, 0.5) is 11.4 Å². The minimum absolute atomic E-state index is 0.0756. The predicted octanol–water partition coefficient (Wildman–Crippen LogP) is 16.5. The minimum atomic E-state index is -0.113. The fourth-order valence-electron chi connectivity index (χ4n) is 13.8. The van der Waals surface area contributed by atoms with Crippen molar-refractivity contribution in [1.29, 1.82) is 0 Å². The Bertz CT molecular complexity index is 3970. The lowest BCUT2D eigenvalue weighted by molar-refractivity contribution is 0.332. The zero-order chi connectivity index (χ0) is 48.2. The van der Waals surface area contributed by atoms with E-state index < -0.39 is 0 Å². The summed E-state index contributed by atoms with van der Waals surface area (Å²) >= 11 is 1.96. The predicted molar refractivity (Wildman–Crippen MR) is 304 cm³/mol. The normalized spacial score (nSPS) is 17.2. The number of nitrogens with one attached hydrogen (secondary N) is 1. The topological polar surface area (TPSA) is 17.0 Å². The number of hydrogen-bond acceptors (Lipinski definition) is 2. The van der Waals surface area contributed by atoms with Crippen molar-refractivity contribution in [1.82, 2.24) is 4.57 Å². The highest BCUT2D eigenvalue weighted by molar-refractivity contribution is 7.25. The molecule has 0 bridgehead atoms. The molecular formula is C66H61BN2S. The summed E-state index contributed by atoms with van der Waals surface area (Å²) in [6.45, 7) is 26.4. The van der Waals surface area contributed by atoms with Gasteiger partial charge in [0.2, 0.25) is 0 Å². The van der Waals surface area contributed by atoms with E-state index in [9.17, 15) is 0 Å². The Morgan fingerprint density at radius 1 is 0.500 bits per heavy atom. The summed E-state index contributed by atoms with van der Waals surface area (Å²) in [7, 11) is 0.852. The van der Waals surface area contributed by atoms with E-state index in [0.29, 0.717) is 0 Å². The molecule has 0 unspecified atom stereocenters. The molecule has 0 saturated heterocycles. The molecule has 4 heteroatoms. The van der Waals surface area contributed by atoms with Crippen LogP contribution in [0.25, 0.3) is 81.0 Å². The van der Waals surface area contributed by atoms with E-state index in [1.165, 1.54) is 144 Å². The van der Waals surface area contributed by atoms with Crippen LogP contribution < -0.4 is 16.2 Å². The van der Waals surface area contributed by atoms with Crippen LogP contribution in [-0.2, 0) is 27.1 Å². The van der Waals surface area contributed by atoms with Gasteiger partial charge in [0, 0.05) is 69.9 Å². The van der Waals surface area contributed by atoms with Gasteiger partial charge in [-0.3, -0.25) is 0 Å². The monoisotopic (exact) mass is 924 g/mol. The van der Waals surface area contributed by atoms with Gasteiger partial charge in [-0.25, -0.2) is 0 Å². The van der Waals surface area contributed by atoms with Crippen molar-refractivity contribution in [2.75, 3.05) is 5.32 Å². The standard InChI is InChI=1S/C66H61BN2S/c1-62(2,3)36-20-22-37(23-21-36)68-55-35-59-46(47-30-52-53(34-58(47)70-59)64(6,7)27-26-63(52,4)5)29-44(55)40-24-25-41-45-28-42-38-16-12-14-18-48(38)66(10,11)51(42)33-56(45)69-57-31-43-39-17-13-15-19-49(39)65(8,9)50(43)32-54(57)67-60(40)61(41)69/h12-25,28-35,67-68H,26-27H2,1-11H3. The van der Waals surface area contributed by atoms with Crippen LogP contribution in [0.15, 0.2) is 133 Å². The molecule has 3 heterocycles. The second-order valence-corrected chi connectivity index (χ2v) is 26.0. The van der Waals surface area contributed by atoms with Gasteiger partial charge in [0.25, 0.3) is 0 Å². The number of rotatable bonds is 3. The second-order valence-electron chi connectivity index (χ2n) is 24.9. The molecule has 4 aliphatic rings. The summed E-state index contributed by atoms with van der Waals surface area (Å²) in [5.74, 6) is 0. The van der Waals surface area contributed by atoms with Gasteiger partial charge in [0.15, 0.2) is 7.28 Å². The second kappa shape index (κ2) is 13.7. The van der Waals surface area contributed by atoms with Crippen LogP contribution in [0.2, 0.25) is 0 Å². The quantitative estimate of drug-likeness (QED) is 0.175. The Morgan fingerprint density at radius 3 is 1.76 bits per heavy atom. The molecule has 10 aromatic rings. The first-order valence-corrected chi connectivity index (χ1v) is 26.6. The van der Waals surface area contributed by atoms with E-state index in [0.717, 1.165) is 18.7 Å². The largest absolute Gasteiger partial charge is 0.355 e. The summed E-state index contributed by atoms with van der Waals surface area (Å²) in [6, 6.07) is 52.7. The molecule has 1 aliphatic heterocycles. The zero-order valence-corrected chi connectivity index (χ0v) is 43.5. The molecule has 0 radical (unpaired) electrons. The van der Waals surface area contributed by atoms with Crippen molar-refractivity contribution in [3.8, 4) is 39.1 Å². The van der Waals surface area contributed by atoms with Gasteiger partial charge in [-0.15, -0.1) is 11.3 Å². The summed E-state index contributed by atoms with van der Waals surface area (Å²) in [5, 5.41) is 9.44. The summed E-state index contributed by atoms with van der Waals surface area (Å²) in [4.78, 5) is 0. The first kappa shape index (κ1) is 42.5. The fourth-order valence-corrected chi connectivity index (χ4v) is 14.9. The Hall–Kier alpha value is -6.36. The Balaban J connectivity index is 1.06. The number of nitrogens with zero attached hydrogens (tertiary/aromatic N) is 1. The zero-order valence-electron chi connectivity index (χ0n) is 42.7. The van der Waals surface area contributed by atoms with Crippen LogP contribution >= 0.6 is 11.3 Å². The Labute approximate surface area is 418 Å². The molecule has 344 valence electrons. The summed E-state index contributed by atoms with van der Waals surface area (Å²) < 4.78 is 5.40. The van der Waals surface area contributed by atoms with Crippen LogP contribution in [0.1, 0.15) is 128 Å². The number of aromatic nitrogens is 1. The van der Waals surface area contributed by atoms with Crippen molar-refractivity contribution in [2.24, 2.45) is 0 Å². The maximum atomic E-state index is 4.05. The molecule has 0 saturated carbocycles. The molecule has 3 aliphatic carbocycles. The Morgan fingerprint density at radius 2 is 1.09 bits per heavy atom. The number of hydrogen-bond donors (Lipinski definition) is 1. The third-order valence-corrected chi connectivity index (χ3v) is 19.1. The molecule has 0 atom stereocenters. The average molecular weight is 925 g/mol. The maximum absolute atomic E-state index is 4.05. The van der Waals surface area contributed by atoms with E-state index in [1.54, 1.807) is 0 Å². The average Bonchev–Trinajstić information content (AvgIpc) is 3.99. The minimum Gasteiger partial charge on any atom is -0.355 e. The van der Waals surface area contributed by atoms with Crippen LogP contribution in [0, 0.1) is 0 Å². The molecule has 70 heavy (non-hydrogen) atoms. The molecule has 2 aromatic heterocycles. The van der Waals surface area contributed by atoms with Crippen LogP contribution in [0.3, 0.4) is 0 Å². The molecule has 8 aromatic carbocycles. The molecule has 0 fully saturated rings. The van der Waals surface area contributed by atoms with Crippen molar-refractivity contribution in [3.05, 3.63) is 172 Å². The molecule has 2 nitrogen and oxygen atoms in total. The lowest BCUT2D eigenvalue weighted by atomic mass is 9.58. The van der Waals surface area contributed by atoms with Gasteiger partial charge in [0.05, 0.1) is 5.52 Å². The molecule has 0 amide bonds. The molecule has 0 spiro atoms. The van der Waals surface area contributed by atoms with Crippen LogP contribution in [-0.4, -0.2) is 11.8 Å². The Kier molecular flexibility index (Phi) is 8.34. The van der Waals surface area contributed by atoms with Crippen LogP contribution in [0.5, 0.6) is 0 Å². The van der Waals surface area contributed by atoms with E-state index in [1.807, 2.05) is 11.3 Å². The smallest absolute Gasteiger partial charge is 0.198 e. The number of fused-ring (bicyclic) bond motifs is 15. The van der Waals surface area contributed by atoms with Crippen molar-refractivity contribution >= 4 is 82.9 Å². The number of anilines is 2. The van der Waals surface area contributed by atoms with E-state index in [2.05, 4.69) is 220 Å². The molecule has 14 rings (SSSR count). The van der Waals surface area contributed by atoms with Gasteiger partial charge >= 0.3 is 0 Å². The van der Waals surface area contributed by atoms with Crippen molar-refractivity contribution < 1.29 is 0 Å². The third-order valence-electron chi connectivity index (χ3n) is 18.0. The highest BCUT2D eigenvalue weighted by atomic mass is 32.1. The van der Waals surface area contributed by atoms with E-state index in [-0.39, 0.29) is 27.1 Å². The highest BCUT2D eigenvalue weighted by Gasteiger charge is 2.41. The highest BCUT2D eigenvalue weighted by Crippen LogP contribution is 2.54. The van der Waals surface area contributed by atoms with E-state index in [4.69, 9.17) is 0 Å². The number of thiophene rings is 1. The van der Waals surface area contributed by atoms with Gasteiger partial charge in [-0.2, -0.15) is 0 Å².